The summed E-state index contributed by atoms with van der Waals surface area (Å²) in [7, 11) is 0. The molecular formula is C26H53IO10. The van der Waals surface area contributed by atoms with Crippen molar-refractivity contribution >= 4 is 22.6 Å². The van der Waals surface area contributed by atoms with Crippen molar-refractivity contribution in [2.24, 2.45) is 0 Å². The van der Waals surface area contributed by atoms with E-state index in [1.54, 1.807) is 0 Å². The Hall–Kier alpha value is 0.330. The first-order valence-corrected chi connectivity index (χ1v) is 15.3. The second-order valence-electron chi connectivity index (χ2n) is 7.81. The van der Waals surface area contributed by atoms with E-state index >= 15 is 0 Å². The summed E-state index contributed by atoms with van der Waals surface area (Å²) in [5, 5.41) is 0. The van der Waals surface area contributed by atoms with Crippen LogP contribution in [-0.2, 0) is 47.4 Å². The minimum Gasteiger partial charge on any atom is -0.379 e. The quantitative estimate of drug-likeness (QED) is 0.0587. The van der Waals surface area contributed by atoms with Gasteiger partial charge in [-0.2, -0.15) is 0 Å². The molecule has 0 unspecified atom stereocenters. The summed E-state index contributed by atoms with van der Waals surface area (Å²) in [6, 6.07) is 0. The maximum atomic E-state index is 5.55. The zero-order valence-corrected chi connectivity index (χ0v) is 25.3. The van der Waals surface area contributed by atoms with Crippen molar-refractivity contribution in [3.05, 3.63) is 0 Å². The molecule has 0 N–H and O–H groups in total. The first-order valence-electron chi connectivity index (χ1n) is 13.7. The lowest BCUT2D eigenvalue weighted by Gasteiger charge is -2.09. The van der Waals surface area contributed by atoms with Crippen LogP contribution in [-0.4, -0.2) is 137 Å². The molecule has 10 nitrogen and oxygen atoms in total. The molecule has 0 saturated carbocycles. The zero-order chi connectivity index (χ0) is 26.7. The highest BCUT2D eigenvalue weighted by Crippen LogP contribution is 2.02. The number of unbranched alkanes of at least 4 members (excludes halogenated alkanes) is 3. The Bertz CT molecular complexity index is 362. The predicted octanol–water partition coefficient (Wildman–Crippen LogP) is 3.17. The van der Waals surface area contributed by atoms with E-state index in [0.29, 0.717) is 126 Å². The number of ether oxygens (including phenoxy) is 10. The molecule has 11 heteroatoms. The fourth-order valence-corrected chi connectivity index (χ4v) is 3.32. The van der Waals surface area contributed by atoms with Gasteiger partial charge in [-0.25, -0.2) is 0 Å². The van der Waals surface area contributed by atoms with Crippen LogP contribution in [0.3, 0.4) is 0 Å². The molecule has 0 amide bonds. The maximum Gasteiger partial charge on any atom is 0.0701 e. The van der Waals surface area contributed by atoms with Crippen LogP contribution in [0.1, 0.15) is 32.6 Å². The lowest BCUT2D eigenvalue weighted by atomic mass is 10.2. The third-order valence-electron chi connectivity index (χ3n) is 4.72. The van der Waals surface area contributed by atoms with Crippen LogP contribution in [0, 0.1) is 0 Å². The molecule has 0 radical (unpaired) electrons. The highest BCUT2D eigenvalue weighted by Gasteiger charge is 1.96. The van der Waals surface area contributed by atoms with Gasteiger partial charge in [0.1, 0.15) is 0 Å². The van der Waals surface area contributed by atoms with Crippen molar-refractivity contribution in [2.75, 3.05) is 137 Å². The van der Waals surface area contributed by atoms with E-state index in [1.165, 1.54) is 23.7 Å². The highest BCUT2D eigenvalue weighted by molar-refractivity contribution is 14.1. The lowest BCUT2D eigenvalue weighted by Crippen LogP contribution is -2.15. The largest absolute Gasteiger partial charge is 0.379 e. The van der Waals surface area contributed by atoms with Gasteiger partial charge >= 0.3 is 0 Å². The van der Waals surface area contributed by atoms with Crippen LogP contribution in [0.4, 0.5) is 0 Å². The summed E-state index contributed by atoms with van der Waals surface area (Å²) < 4.78 is 55.5. The summed E-state index contributed by atoms with van der Waals surface area (Å²) in [4.78, 5) is 0. The fraction of sp³-hybridized carbons (Fsp3) is 1.00. The summed E-state index contributed by atoms with van der Waals surface area (Å²) in [5.74, 6) is 0. The van der Waals surface area contributed by atoms with E-state index in [-0.39, 0.29) is 0 Å². The van der Waals surface area contributed by atoms with Gasteiger partial charge in [0.2, 0.25) is 0 Å². The van der Waals surface area contributed by atoms with Crippen LogP contribution in [0.2, 0.25) is 0 Å². The molecule has 0 heterocycles. The first-order chi connectivity index (χ1) is 18.4. The number of alkyl halides is 1. The highest BCUT2D eigenvalue weighted by atomic mass is 127. The Labute approximate surface area is 238 Å². The molecule has 0 saturated heterocycles. The second-order valence-corrected chi connectivity index (χ2v) is 8.89. The number of halogens is 1. The van der Waals surface area contributed by atoms with Crippen molar-refractivity contribution < 1.29 is 47.4 Å². The molecule has 0 rings (SSSR count). The van der Waals surface area contributed by atoms with Crippen LogP contribution >= 0.6 is 22.6 Å². The molecular weight excluding hydrogens is 599 g/mol. The van der Waals surface area contributed by atoms with Crippen molar-refractivity contribution in [3.63, 3.8) is 0 Å². The minimum atomic E-state index is 0.534. The Morgan fingerprint density at radius 2 is 0.541 bits per heavy atom. The van der Waals surface area contributed by atoms with Crippen molar-refractivity contribution in [2.45, 2.75) is 32.6 Å². The Morgan fingerprint density at radius 1 is 0.297 bits per heavy atom. The standard InChI is InChI=1S/C26H53IO10/c1-2-28-9-10-30-13-14-32-17-18-34-21-22-36-25-26-37-24-23-35-20-19-33-16-15-31-12-11-29-8-6-4-3-5-7-27/h2-26H2,1H3. The molecule has 37 heavy (non-hydrogen) atoms. The van der Waals surface area contributed by atoms with Crippen LogP contribution in [0.15, 0.2) is 0 Å². The Kier molecular flexibility index (Phi) is 36.7. The second kappa shape index (κ2) is 36.3. The molecule has 0 spiro atoms. The number of rotatable bonds is 34. The Morgan fingerprint density at radius 3 is 0.811 bits per heavy atom. The van der Waals surface area contributed by atoms with Gasteiger partial charge in [0.15, 0.2) is 0 Å². The lowest BCUT2D eigenvalue weighted by molar-refractivity contribution is -0.0263. The molecule has 0 aromatic heterocycles. The van der Waals surface area contributed by atoms with Crippen LogP contribution in [0.25, 0.3) is 0 Å². The summed E-state index contributed by atoms with van der Waals surface area (Å²) in [6.07, 6.45) is 5.00. The summed E-state index contributed by atoms with van der Waals surface area (Å²) in [5.41, 5.74) is 0. The Balaban J connectivity index is 3.00. The molecule has 0 aliphatic rings. The third kappa shape index (κ3) is 36.3. The number of hydrogen-bond donors (Lipinski definition) is 0. The average Bonchev–Trinajstić information content (AvgIpc) is 2.91. The zero-order valence-electron chi connectivity index (χ0n) is 23.1. The van der Waals surface area contributed by atoms with Crippen molar-refractivity contribution in [1.29, 1.82) is 0 Å². The van der Waals surface area contributed by atoms with Gasteiger partial charge in [0.05, 0.1) is 119 Å². The normalized spacial score (nSPS) is 11.5. The predicted molar refractivity (Wildman–Crippen MR) is 151 cm³/mol. The molecule has 0 aliphatic heterocycles. The van der Waals surface area contributed by atoms with E-state index < -0.39 is 0 Å². The van der Waals surface area contributed by atoms with Crippen molar-refractivity contribution in [3.8, 4) is 0 Å². The van der Waals surface area contributed by atoms with Crippen molar-refractivity contribution in [1.82, 2.24) is 0 Å². The SMILES string of the molecule is CCOCCOCCOCCOCCOCCOCCOCCOCCOCCOCCCCCCI. The fourth-order valence-electron chi connectivity index (χ4n) is 2.78. The maximum absolute atomic E-state index is 5.55. The van der Waals surface area contributed by atoms with Crippen LogP contribution < -0.4 is 0 Å². The molecule has 0 aliphatic carbocycles. The van der Waals surface area contributed by atoms with E-state index in [9.17, 15) is 0 Å². The topological polar surface area (TPSA) is 92.3 Å². The van der Waals surface area contributed by atoms with Gasteiger partial charge in [0, 0.05) is 13.2 Å². The van der Waals surface area contributed by atoms with Crippen LogP contribution in [0.5, 0.6) is 0 Å². The minimum absolute atomic E-state index is 0.534. The van der Waals surface area contributed by atoms with E-state index in [1.807, 2.05) is 6.92 Å². The van der Waals surface area contributed by atoms with Gasteiger partial charge in [0.25, 0.3) is 0 Å². The smallest absolute Gasteiger partial charge is 0.0701 e. The van der Waals surface area contributed by atoms with E-state index in [2.05, 4.69) is 22.6 Å². The molecule has 0 aromatic carbocycles. The molecule has 224 valence electrons. The van der Waals surface area contributed by atoms with Gasteiger partial charge in [-0.1, -0.05) is 35.4 Å². The number of hydrogen-bond acceptors (Lipinski definition) is 10. The monoisotopic (exact) mass is 652 g/mol. The molecule has 0 atom stereocenters. The molecule has 0 bridgehead atoms. The van der Waals surface area contributed by atoms with Gasteiger partial charge in [-0.3, -0.25) is 0 Å². The van der Waals surface area contributed by atoms with Gasteiger partial charge < -0.3 is 47.4 Å². The summed E-state index contributed by atoms with van der Waals surface area (Å²) in [6.45, 7) is 13.7. The average molecular weight is 653 g/mol. The third-order valence-corrected chi connectivity index (χ3v) is 5.49. The summed E-state index contributed by atoms with van der Waals surface area (Å²) >= 11 is 2.42. The molecule has 0 aromatic rings. The first kappa shape index (κ1) is 37.3. The van der Waals surface area contributed by atoms with E-state index in [0.717, 1.165) is 13.0 Å². The van der Waals surface area contributed by atoms with Gasteiger partial charge in [-0.05, 0) is 24.2 Å². The van der Waals surface area contributed by atoms with Gasteiger partial charge in [-0.15, -0.1) is 0 Å². The van der Waals surface area contributed by atoms with E-state index in [4.69, 9.17) is 47.4 Å². The molecule has 0 fully saturated rings.